The second-order valence-corrected chi connectivity index (χ2v) is 6.53. The number of urea groups is 1. The molecule has 8 heteroatoms. The van der Waals surface area contributed by atoms with E-state index in [1.807, 2.05) is 0 Å². The monoisotopic (exact) mass is 277 g/mol. The topological polar surface area (TPSA) is 92.9 Å². The van der Waals surface area contributed by atoms with Crippen molar-refractivity contribution in [3.05, 3.63) is 0 Å². The first kappa shape index (κ1) is 13.6. The third kappa shape index (κ3) is 3.12. The second kappa shape index (κ2) is 5.41. The zero-order chi connectivity index (χ0) is 13.2. The molecule has 18 heavy (non-hydrogen) atoms. The maximum Gasteiger partial charge on any atom is 0.320 e. The van der Waals surface area contributed by atoms with Crippen LogP contribution < -0.4 is 5.14 Å². The summed E-state index contributed by atoms with van der Waals surface area (Å²) in [5.74, 6) is 0. The number of carbonyl (C=O) groups excluding carboxylic acids is 1. The highest BCUT2D eigenvalue weighted by molar-refractivity contribution is 7.89. The molecule has 2 fully saturated rings. The van der Waals surface area contributed by atoms with Crippen molar-refractivity contribution in [3.63, 3.8) is 0 Å². The first-order valence-electron chi connectivity index (χ1n) is 6.11. The molecule has 2 heterocycles. The fourth-order valence-electron chi connectivity index (χ4n) is 2.33. The van der Waals surface area contributed by atoms with E-state index in [0.29, 0.717) is 45.7 Å². The average Bonchev–Trinajstić information content (AvgIpc) is 2.38. The largest absolute Gasteiger partial charge is 0.378 e. The predicted molar refractivity (Wildman–Crippen MR) is 65.5 cm³/mol. The maximum atomic E-state index is 12.2. The predicted octanol–water partition coefficient (Wildman–Crippen LogP) is -0.808. The Balaban J connectivity index is 1.97. The molecule has 0 spiro atoms. The molecule has 2 aliphatic rings. The van der Waals surface area contributed by atoms with Crippen LogP contribution in [0.4, 0.5) is 4.79 Å². The second-order valence-electron chi connectivity index (χ2n) is 4.68. The molecule has 2 N–H and O–H groups in total. The van der Waals surface area contributed by atoms with E-state index in [4.69, 9.17) is 9.88 Å². The highest BCUT2D eigenvalue weighted by Crippen LogP contribution is 2.17. The Morgan fingerprint density at radius 2 is 1.83 bits per heavy atom. The lowest BCUT2D eigenvalue weighted by Crippen LogP contribution is -2.53. The molecule has 0 aliphatic carbocycles. The van der Waals surface area contributed by atoms with Gasteiger partial charge in [-0.1, -0.05) is 0 Å². The Morgan fingerprint density at radius 3 is 2.44 bits per heavy atom. The minimum absolute atomic E-state index is 0.105. The van der Waals surface area contributed by atoms with Crippen molar-refractivity contribution >= 4 is 16.1 Å². The van der Waals surface area contributed by atoms with Gasteiger partial charge in [0.15, 0.2) is 0 Å². The number of ether oxygens (including phenoxy) is 1. The van der Waals surface area contributed by atoms with Gasteiger partial charge in [-0.15, -0.1) is 0 Å². The third-order valence-corrected chi connectivity index (χ3v) is 4.71. The quantitative estimate of drug-likeness (QED) is 0.678. The molecule has 2 rings (SSSR count). The van der Waals surface area contributed by atoms with Crippen LogP contribution in [-0.4, -0.2) is 68.9 Å². The molecule has 2 aliphatic heterocycles. The smallest absolute Gasteiger partial charge is 0.320 e. The lowest BCUT2D eigenvalue weighted by atomic mass is 10.1. The Hall–Kier alpha value is -0.860. The lowest BCUT2D eigenvalue weighted by Gasteiger charge is -2.36. The van der Waals surface area contributed by atoms with E-state index in [9.17, 15) is 13.2 Å². The molecule has 7 nitrogen and oxygen atoms in total. The number of primary sulfonamides is 1. The van der Waals surface area contributed by atoms with Gasteiger partial charge < -0.3 is 14.5 Å². The van der Waals surface area contributed by atoms with Crippen LogP contribution in [-0.2, 0) is 14.8 Å². The molecular formula is C10H19N3O4S. The Morgan fingerprint density at radius 1 is 1.17 bits per heavy atom. The minimum Gasteiger partial charge on any atom is -0.378 e. The number of sulfonamides is 1. The van der Waals surface area contributed by atoms with Crippen LogP contribution in [0.3, 0.4) is 0 Å². The van der Waals surface area contributed by atoms with Gasteiger partial charge in [0.1, 0.15) is 0 Å². The van der Waals surface area contributed by atoms with Crippen molar-refractivity contribution in [2.45, 2.75) is 18.1 Å². The number of nitrogens with two attached hydrogens (primary N) is 1. The summed E-state index contributed by atoms with van der Waals surface area (Å²) < 4.78 is 27.9. The van der Waals surface area contributed by atoms with E-state index in [1.165, 1.54) is 0 Å². The van der Waals surface area contributed by atoms with Crippen molar-refractivity contribution in [3.8, 4) is 0 Å². The normalized spacial score (nSPS) is 26.2. The number of likely N-dealkylation sites (tertiary alicyclic amines) is 1. The Bertz CT molecular complexity index is 405. The van der Waals surface area contributed by atoms with Gasteiger partial charge in [-0.05, 0) is 12.8 Å². The van der Waals surface area contributed by atoms with Crippen molar-refractivity contribution in [2.75, 3.05) is 39.4 Å². The first-order valence-corrected chi connectivity index (χ1v) is 7.72. The lowest BCUT2D eigenvalue weighted by molar-refractivity contribution is 0.0418. The van der Waals surface area contributed by atoms with E-state index in [2.05, 4.69) is 0 Å². The standard InChI is InChI=1S/C10H19N3O4S/c11-18(15,16)9-2-1-3-13(8-9)10(14)12-4-6-17-7-5-12/h9H,1-8H2,(H2,11,15,16). The summed E-state index contributed by atoms with van der Waals surface area (Å²) in [5.41, 5.74) is 0. The van der Waals surface area contributed by atoms with Crippen LogP contribution in [0.25, 0.3) is 0 Å². The fraction of sp³-hybridized carbons (Fsp3) is 0.900. The molecule has 0 aromatic rings. The van der Waals surface area contributed by atoms with Crippen LogP contribution in [0.15, 0.2) is 0 Å². The molecule has 2 amide bonds. The van der Waals surface area contributed by atoms with Gasteiger partial charge in [0.25, 0.3) is 0 Å². The van der Waals surface area contributed by atoms with Crippen molar-refractivity contribution < 1.29 is 17.9 Å². The summed E-state index contributed by atoms with van der Waals surface area (Å²) >= 11 is 0. The van der Waals surface area contributed by atoms with Gasteiger partial charge in [0.05, 0.1) is 18.5 Å². The number of morpholine rings is 1. The van der Waals surface area contributed by atoms with E-state index in [0.717, 1.165) is 0 Å². The highest BCUT2D eigenvalue weighted by atomic mass is 32.2. The summed E-state index contributed by atoms with van der Waals surface area (Å²) in [6.07, 6.45) is 1.21. The van der Waals surface area contributed by atoms with Gasteiger partial charge >= 0.3 is 6.03 Å². The van der Waals surface area contributed by atoms with Crippen LogP contribution in [0, 0.1) is 0 Å². The van der Waals surface area contributed by atoms with E-state index in [1.54, 1.807) is 9.80 Å². The van der Waals surface area contributed by atoms with Crippen LogP contribution >= 0.6 is 0 Å². The van der Waals surface area contributed by atoms with Crippen LogP contribution in [0.1, 0.15) is 12.8 Å². The summed E-state index contributed by atoms with van der Waals surface area (Å²) in [7, 11) is -3.56. The molecule has 2 saturated heterocycles. The molecule has 0 aromatic carbocycles. The zero-order valence-electron chi connectivity index (χ0n) is 10.2. The summed E-state index contributed by atoms with van der Waals surface area (Å²) in [4.78, 5) is 15.5. The molecule has 0 bridgehead atoms. The van der Waals surface area contributed by atoms with Gasteiger partial charge in [-0.25, -0.2) is 18.4 Å². The number of carbonyl (C=O) groups is 1. The van der Waals surface area contributed by atoms with Crippen molar-refractivity contribution in [1.82, 2.24) is 9.80 Å². The fourth-order valence-corrected chi connectivity index (χ4v) is 3.22. The number of piperidine rings is 1. The Labute approximate surface area is 107 Å². The molecule has 104 valence electrons. The molecule has 1 atom stereocenters. The molecular weight excluding hydrogens is 258 g/mol. The number of rotatable bonds is 1. The van der Waals surface area contributed by atoms with Gasteiger partial charge in [-0.3, -0.25) is 0 Å². The number of hydrogen-bond donors (Lipinski definition) is 1. The highest BCUT2D eigenvalue weighted by Gasteiger charge is 2.32. The van der Waals surface area contributed by atoms with E-state index >= 15 is 0 Å². The molecule has 0 saturated carbocycles. The van der Waals surface area contributed by atoms with E-state index in [-0.39, 0.29) is 12.6 Å². The van der Waals surface area contributed by atoms with Gasteiger partial charge in [-0.2, -0.15) is 0 Å². The Kier molecular flexibility index (Phi) is 4.08. The van der Waals surface area contributed by atoms with Crippen molar-refractivity contribution in [1.29, 1.82) is 0 Å². The van der Waals surface area contributed by atoms with Crippen LogP contribution in [0.2, 0.25) is 0 Å². The molecule has 0 aromatic heterocycles. The summed E-state index contributed by atoms with van der Waals surface area (Å²) in [5, 5.41) is 4.52. The van der Waals surface area contributed by atoms with Crippen molar-refractivity contribution in [2.24, 2.45) is 5.14 Å². The molecule has 1 unspecified atom stereocenters. The first-order chi connectivity index (χ1) is 8.48. The van der Waals surface area contributed by atoms with E-state index < -0.39 is 15.3 Å². The minimum atomic E-state index is -3.56. The molecule has 0 radical (unpaired) electrons. The average molecular weight is 277 g/mol. The summed E-state index contributed by atoms with van der Waals surface area (Å²) in [6.45, 7) is 3.01. The zero-order valence-corrected chi connectivity index (χ0v) is 11.1. The number of nitrogens with zero attached hydrogens (tertiary/aromatic N) is 2. The maximum absolute atomic E-state index is 12.2. The van der Waals surface area contributed by atoms with Crippen LogP contribution in [0.5, 0.6) is 0 Å². The van der Waals surface area contributed by atoms with Gasteiger partial charge in [0.2, 0.25) is 10.0 Å². The SMILES string of the molecule is NS(=O)(=O)C1CCCN(C(=O)N2CCOCC2)C1. The van der Waals surface area contributed by atoms with Gasteiger partial charge in [0, 0.05) is 26.2 Å². The number of amides is 2. The number of hydrogen-bond acceptors (Lipinski definition) is 4. The third-order valence-electron chi connectivity index (χ3n) is 3.39. The summed E-state index contributed by atoms with van der Waals surface area (Å²) in [6, 6.07) is -0.105.